The van der Waals surface area contributed by atoms with Crippen LogP contribution in [-0.4, -0.2) is 41.5 Å². The number of amides is 4. The van der Waals surface area contributed by atoms with E-state index in [9.17, 15) is 14.4 Å². The highest BCUT2D eigenvalue weighted by atomic mass is 16.5. The van der Waals surface area contributed by atoms with Crippen LogP contribution in [0.5, 0.6) is 0 Å². The summed E-state index contributed by atoms with van der Waals surface area (Å²) in [5.41, 5.74) is 0. The molecule has 1 aliphatic heterocycles. The van der Waals surface area contributed by atoms with E-state index in [1.54, 1.807) is 0 Å². The number of imide groups is 2. The SMILES string of the molecule is CCOC1CC(N2C(=O)NC(=O)C(C3CCCC3)C2=O)C1. The lowest BCUT2D eigenvalue weighted by molar-refractivity contribution is -0.150. The van der Waals surface area contributed by atoms with Crippen LogP contribution >= 0.6 is 0 Å². The van der Waals surface area contributed by atoms with Crippen LogP contribution in [0.3, 0.4) is 0 Å². The van der Waals surface area contributed by atoms with Crippen molar-refractivity contribution in [2.75, 3.05) is 6.61 Å². The van der Waals surface area contributed by atoms with Crippen molar-refractivity contribution in [1.29, 1.82) is 0 Å². The summed E-state index contributed by atoms with van der Waals surface area (Å²) in [4.78, 5) is 38.0. The van der Waals surface area contributed by atoms with Crippen molar-refractivity contribution in [3.05, 3.63) is 0 Å². The third-order valence-electron chi connectivity index (χ3n) is 4.94. The number of carbonyl (C=O) groups excluding carboxylic acids is 3. The first-order valence-electron chi connectivity index (χ1n) is 7.91. The molecule has 116 valence electrons. The van der Waals surface area contributed by atoms with E-state index >= 15 is 0 Å². The Kier molecular flexibility index (Phi) is 3.97. The van der Waals surface area contributed by atoms with Crippen molar-refractivity contribution in [3.63, 3.8) is 0 Å². The van der Waals surface area contributed by atoms with Gasteiger partial charge in [0.15, 0.2) is 0 Å². The zero-order valence-corrected chi connectivity index (χ0v) is 12.3. The van der Waals surface area contributed by atoms with E-state index in [2.05, 4.69) is 5.32 Å². The normalized spacial score (nSPS) is 34.0. The molecule has 1 atom stereocenters. The molecule has 4 amide bonds. The molecule has 6 heteroatoms. The van der Waals surface area contributed by atoms with Crippen LogP contribution in [-0.2, 0) is 14.3 Å². The predicted molar refractivity (Wildman–Crippen MR) is 74.3 cm³/mol. The van der Waals surface area contributed by atoms with Gasteiger partial charge in [-0.25, -0.2) is 4.79 Å². The van der Waals surface area contributed by atoms with Crippen molar-refractivity contribution in [3.8, 4) is 0 Å². The minimum atomic E-state index is -0.670. The number of urea groups is 1. The van der Waals surface area contributed by atoms with Crippen LogP contribution in [0.4, 0.5) is 4.79 Å². The second kappa shape index (κ2) is 5.75. The number of hydrogen-bond acceptors (Lipinski definition) is 4. The van der Waals surface area contributed by atoms with Gasteiger partial charge in [0.2, 0.25) is 11.8 Å². The molecule has 2 aliphatic carbocycles. The monoisotopic (exact) mass is 294 g/mol. The number of nitrogens with zero attached hydrogens (tertiary/aromatic N) is 1. The molecule has 1 unspecified atom stereocenters. The first-order chi connectivity index (χ1) is 10.1. The maximum Gasteiger partial charge on any atom is 0.331 e. The molecule has 0 aromatic rings. The molecule has 0 aromatic heterocycles. The number of ether oxygens (including phenoxy) is 1. The van der Waals surface area contributed by atoms with Crippen molar-refractivity contribution < 1.29 is 19.1 Å². The molecule has 1 saturated heterocycles. The summed E-state index contributed by atoms with van der Waals surface area (Å²) in [5, 5.41) is 2.37. The number of carbonyl (C=O) groups is 3. The molecule has 3 aliphatic rings. The van der Waals surface area contributed by atoms with Crippen molar-refractivity contribution >= 4 is 17.8 Å². The van der Waals surface area contributed by atoms with Gasteiger partial charge in [0, 0.05) is 12.6 Å². The summed E-state index contributed by atoms with van der Waals surface area (Å²) in [6.07, 6.45) is 5.41. The average Bonchev–Trinajstić information content (AvgIpc) is 2.89. The Morgan fingerprint density at radius 2 is 1.86 bits per heavy atom. The van der Waals surface area contributed by atoms with Gasteiger partial charge < -0.3 is 4.74 Å². The first-order valence-corrected chi connectivity index (χ1v) is 7.91. The van der Waals surface area contributed by atoms with E-state index < -0.39 is 17.9 Å². The first kappa shape index (κ1) is 14.5. The summed E-state index contributed by atoms with van der Waals surface area (Å²) >= 11 is 0. The van der Waals surface area contributed by atoms with Gasteiger partial charge in [-0.3, -0.25) is 19.8 Å². The van der Waals surface area contributed by atoms with Gasteiger partial charge >= 0.3 is 6.03 Å². The van der Waals surface area contributed by atoms with Crippen LogP contribution in [0.15, 0.2) is 0 Å². The summed E-state index contributed by atoms with van der Waals surface area (Å²) in [5.74, 6) is -1.28. The fraction of sp³-hybridized carbons (Fsp3) is 0.800. The summed E-state index contributed by atoms with van der Waals surface area (Å²) in [6.45, 7) is 2.57. The maximum atomic E-state index is 12.6. The van der Waals surface area contributed by atoms with Gasteiger partial charge in [-0.15, -0.1) is 0 Å². The third-order valence-corrected chi connectivity index (χ3v) is 4.94. The van der Waals surface area contributed by atoms with E-state index in [1.165, 1.54) is 4.90 Å². The van der Waals surface area contributed by atoms with Gasteiger partial charge in [-0.1, -0.05) is 12.8 Å². The molecule has 3 fully saturated rings. The average molecular weight is 294 g/mol. The Morgan fingerprint density at radius 3 is 2.48 bits per heavy atom. The minimum absolute atomic E-state index is 0.0934. The number of hydrogen-bond donors (Lipinski definition) is 1. The lowest BCUT2D eigenvalue weighted by Gasteiger charge is -2.44. The summed E-state index contributed by atoms with van der Waals surface area (Å²) in [7, 11) is 0. The Morgan fingerprint density at radius 1 is 1.19 bits per heavy atom. The van der Waals surface area contributed by atoms with E-state index in [4.69, 9.17) is 4.74 Å². The van der Waals surface area contributed by atoms with Crippen molar-refractivity contribution in [2.24, 2.45) is 11.8 Å². The molecule has 0 radical (unpaired) electrons. The predicted octanol–water partition coefficient (Wildman–Crippen LogP) is 1.44. The highest BCUT2D eigenvalue weighted by molar-refractivity contribution is 6.16. The topological polar surface area (TPSA) is 75.7 Å². The van der Waals surface area contributed by atoms with E-state index in [1.807, 2.05) is 6.92 Å². The minimum Gasteiger partial charge on any atom is -0.378 e. The standard InChI is InChI=1S/C15H22N2O4/c1-2-21-11-7-10(8-11)17-14(19)12(9-5-3-4-6-9)13(18)16-15(17)20/h9-12H,2-8H2,1H3,(H,16,18,20). The van der Waals surface area contributed by atoms with Crippen molar-refractivity contribution in [2.45, 2.75) is 57.6 Å². The fourth-order valence-electron chi connectivity index (χ4n) is 3.78. The summed E-state index contributed by atoms with van der Waals surface area (Å²) < 4.78 is 5.48. The van der Waals surface area contributed by atoms with Crippen LogP contribution in [0.1, 0.15) is 45.4 Å². The Balaban J connectivity index is 1.70. The molecule has 0 aromatic carbocycles. The highest BCUT2D eigenvalue weighted by Crippen LogP contribution is 2.37. The quantitative estimate of drug-likeness (QED) is 0.796. The lowest BCUT2D eigenvalue weighted by Crippen LogP contribution is -2.65. The third kappa shape index (κ3) is 2.57. The Hall–Kier alpha value is -1.43. The number of nitrogens with one attached hydrogen (secondary N) is 1. The smallest absolute Gasteiger partial charge is 0.331 e. The van der Waals surface area contributed by atoms with Crippen LogP contribution < -0.4 is 5.32 Å². The molecule has 3 rings (SSSR count). The van der Waals surface area contributed by atoms with Gasteiger partial charge in [-0.2, -0.15) is 0 Å². The molecule has 21 heavy (non-hydrogen) atoms. The molecule has 0 bridgehead atoms. The van der Waals surface area contributed by atoms with Crippen LogP contribution in [0, 0.1) is 11.8 Å². The second-order valence-corrected chi connectivity index (χ2v) is 6.23. The lowest BCUT2D eigenvalue weighted by atomic mass is 9.83. The molecule has 2 saturated carbocycles. The highest BCUT2D eigenvalue weighted by Gasteiger charge is 2.50. The Labute approximate surface area is 124 Å². The van der Waals surface area contributed by atoms with Gasteiger partial charge in [0.1, 0.15) is 5.92 Å². The molecule has 6 nitrogen and oxygen atoms in total. The fourth-order valence-corrected chi connectivity index (χ4v) is 3.78. The summed E-state index contributed by atoms with van der Waals surface area (Å²) in [6, 6.07) is -0.676. The maximum absolute atomic E-state index is 12.6. The molecule has 0 spiro atoms. The van der Waals surface area contributed by atoms with Gasteiger partial charge in [-0.05, 0) is 38.5 Å². The number of rotatable bonds is 4. The Bertz CT molecular complexity index is 453. The molecule has 1 N–H and O–H groups in total. The van der Waals surface area contributed by atoms with Crippen LogP contribution in [0.25, 0.3) is 0 Å². The molecule has 1 heterocycles. The molecular formula is C15H22N2O4. The zero-order chi connectivity index (χ0) is 15.0. The van der Waals surface area contributed by atoms with Gasteiger partial charge in [0.25, 0.3) is 0 Å². The zero-order valence-electron chi connectivity index (χ0n) is 12.3. The van der Waals surface area contributed by atoms with E-state index in [0.29, 0.717) is 19.4 Å². The van der Waals surface area contributed by atoms with E-state index in [0.717, 1.165) is 25.7 Å². The van der Waals surface area contributed by atoms with Gasteiger partial charge in [0.05, 0.1) is 6.10 Å². The van der Waals surface area contributed by atoms with Crippen LogP contribution in [0.2, 0.25) is 0 Å². The molecular weight excluding hydrogens is 272 g/mol. The largest absolute Gasteiger partial charge is 0.378 e. The van der Waals surface area contributed by atoms with Crippen molar-refractivity contribution in [1.82, 2.24) is 10.2 Å². The van der Waals surface area contributed by atoms with E-state index in [-0.39, 0.29) is 24.0 Å². The number of barbiturate groups is 1. The second-order valence-electron chi connectivity index (χ2n) is 6.23.